The first-order valence-corrected chi connectivity index (χ1v) is 9.23. The third kappa shape index (κ3) is 4.52. The number of aromatic nitrogens is 1. The number of hydrogen-bond donors (Lipinski definition) is 3. The van der Waals surface area contributed by atoms with Crippen LogP contribution in [-0.2, 0) is 6.42 Å². The van der Waals surface area contributed by atoms with E-state index in [2.05, 4.69) is 40.4 Å². The maximum atomic E-state index is 6.06. The number of hydrogen-bond acceptors (Lipinski definition) is 3. The van der Waals surface area contributed by atoms with Crippen molar-refractivity contribution in [3.63, 3.8) is 0 Å². The van der Waals surface area contributed by atoms with Gasteiger partial charge in [-0.05, 0) is 37.1 Å². The van der Waals surface area contributed by atoms with E-state index in [-0.39, 0.29) is 24.0 Å². The summed E-state index contributed by atoms with van der Waals surface area (Å²) in [5, 5.41) is 4.38. The van der Waals surface area contributed by atoms with Crippen molar-refractivity contribution in [2.75, 3.05) is 25.1 Å². The molecule has 28 heavy (non-hydrogen) atoms. The van der Waals surface area contributed by atoms with E-state index < -0.39 is 0 Å². The topological polar surface area (TPSA) is 84.7 Å². The molecule has 0 radical (unpaired) electrons. The third-order valence-electron chi connectivity index (χ3n) is 4.69. The fraction of sp³-hybridized carbons (Fsp3) is 0.286. The van der Waals surface area contributed by atoms with Crippen molar-refractivity contribution in [2.45, 2.75) is 19.8 Å². The highest BCUT2D eigenvalue weighted by atomic mass is 127. The van der Waals surface area contributed by atoms with Gasteiger partial charge in [0.25, 0.3) is 0 Å². The van der Waals surface area contributed by atoms with Crippen molar-refractivity contribution in [1.29, 1.82) is 0 Å². The molecule has 1 aliphatic rings. The normalized spacial score (nSPS) is 13.7. The number of guanidine groups is 1. The number of H-pyrrole nitrogens is 1. The maximum absolute atomic E-state index is 6.06. The van der Waals surface area contributed by atoms with Gasteiger partial charge in [-0.2, -0.15) is 0 Å². The zero-order valence-electron chi connectivity index (χ0n) is 15.8. The molecular formula is C21H25IN4O2. The molecule has 6 nitrogen and oxygen atoms in total. The number of nitrogens with zero attached hydrogens (tertiary/aromatic N) is 1. The minimum Gasteiger partial charge on any atom is -0.490 e. The molecule has 0 saturated heterocycles. The monoisotopic (exact) mass is 492 g/mol. The van der Waals surface area contributed by atoms with E-state index in [9.17, 15) is 0 Å². The summed E-state index contributed by atoms with van der Waals surface area (Å²) in [5.74, 6) is 1.89. The Morgan fingerprint density at radius 1 is 1.14 bits per heavy atom. The Balaban J connectivity index is 0.00000225. The molecule has 2 heterocycles. The molecule has 4 N–H and O–H groups in total. The molecule has 0 aliphatic carbocycles. The number of benzene rings is 2. The van der Waals surface area contributed by atoms with Crippen LogP contribution >= 0.6 is 24.0 Å². The smallest absolute Gasteiger partial charge is 0.193 e. The molecule has 2 aromatic carbocycles. The molecule has 0 unspecified atom stereocenters. The van der Waals surface area contributed by atoms with Crippen molar-refractivity contribution in [1.82, 2.24) is 4.98 Å². The molecule has 0 bridgehead atoms. The standard InChI is InChI=1S/C21H24N4O2.HI/c1-14-16(17-5-2-3-6-18(17)24-14)9-10-23-21(22)25-15-7-8-19-20(13-15)27-12-4-11-26-19;/h2-3,5-8,13,24H,4,9-12H2,1H3,(H3,22,23,25);1H. The lowest BCUT2D eigenvalue weighted by molar-refractivity contribution is 0.297. The lowest BCUT2D eigenvalue weighted by Gasteiger charge is -2.10. The fourth-order valence-electron chi connectivity index (χ4n) is 3.37. The van der Waals surface area contributed by atoms with Crippen molar-refractivity contribution in [2.24, 2.45) is 10.7 Å². The van der Waals surface area contributed by atoms with Crippen LogP contribution in [0.2, 0.25) is 0 Å². The molecule has 0 saturated carbocycles. The van der Waals surface area contributed by atoms with Gasteiger partial charge in [-0.3, -0.25) is 4.99 Å². The van der Waals surface area contributed by atoms with Gasteiger partial charge in [0.1, 0.15) is 0 Å². The van der Waals surface area contributed by atoms with Crippen LogP contribution in [0.4, 0.5) is 5.69 Å². The second-order valence-corrected chi connectivity index (χ2v) is 6.63. The highest BCUT2D eigenvalue weighted by Crippen LogP contribution is 2.32. The Bertz CT molecular complexity index is 984. The Kier molecular flexibility index (Phi) is 6.66. The van der Waals surface area contributed by atoms with Crippen LogP contribution < -0.4 is 20.5 Å². The minimum absolute atomic E-state index is 0. The van der Waals surface area contributed by atoms with E-state index in [0.29, 0.717) is 25.7 Å². The van der Waals surface area contributed by atoms with Crippen molar-refractivity contribution in [3.05, 3.63) is 53.7 Å². The zero-order chi connectivity index (χ0) is 18.6. The van der Waals surface area contributed by atoms with Gasteiger partial charge < -0.3 is 25.5 Å². The van der Waals surface area contributed by atoms with Crippen LogP contribution in [0.1, 0.15) is 17.7 Å². The maximum Gasteiger partial charge on any atom is 0.193 e. The lowest BCUT2D eigenvalue weighted by atomic mass is 10.1. The zero-order valence-corrected chi connectivity index (χ0v) is 18.2. The fourth-order valence-corrected chi connectivity index (χ4v) is 3.37. The number of rotatable bonds is 4. The molecule has 1 aromatic heterocycles. The van der Waals surface area contributed by atoms with Gasteiger partial charge >= 0.3 is 0 Å². The summed E-state index contributed by atoms with van der Waals surface area (Å²) in [7, 11) is 0. The molecule has 0 atom stereocenters. The van der Waals surface area contributed by atoms with Crippen LogP contribution in [0.3, 0.4) is 0 Å². The van der Waals surface area contributed by atoms with Gasteiger partial charge in [-0.1, -0.05) is 18.2 Å². The summed E-state index contributed by atoms with van der Waals surface area (Å²) < 4.78 is 11.3. The largest absolute Gasteiger partial charge is 0.490 e. The van der Waals surface area contributed by atoms with Crippen molar-refractivity contribution >= 4 is 46.5 Å². The first kappa shape index (κ1) is 20.3. The van der Waals surface area contributed by atoms with Gasteiger partial charge in [0.2, 0.25) is 0 Å². The molecule has 0 fully saturated rings. The predicted octanol–water partition coefficient (Wildman–Crippen LogP) is 4.22. The molecule has 3 aromatic rings. The summed E-state index contributed by atoms with van der Waals surface area (Å²) in [6, 6.07) is 14.0. The van der Waals surface area contributed by atoms with Gasteiger partial charge in [0, 0.05) is 41.3 Å². The van der Waals surface area contributed by atoms with E-state index in [1.807, 2.05) is 24.3 Å². The van der Waals surface area contributed by atoms with Gasteiger partial charge in [0.15, 0.2) is 17.5 Å². The molecular weight excluding hydrogens is 467 g/mol. The molecule has 0 spiro atoms. The minimum atomic E-state index is 0. The van der Waals surface area contributed by atoms with Gasteiger partial charge in [-0.25, -0.2) is 0 Å². The summed E-state index contributed by atoms with van der Waals surface area (Å²) in [6.45, 7) is 4.05. The second kappa shape index (κ2) is 9.18. The molecule has 1 aliphatic heterocycles. The number of aryl methyl sites for hydroxylation is 1. The van der Waals surface area contributed by atoms with Gasteiger partial charge in [-0.15, -0.1) is 24.0 Å². The number of anilines is 1. The Morgan fingerprint density at radius 3 is 2.79 bits per heavy atom. The second-order valence-electron chi connectivity index (χ2n) is 6.63. The van der Waals surface area contributed by atoms with E-state index in [4.69, 9.17) is 15.2 Å². The number of halogens is 1. The summed E-state index contributed by atoms with van der Waals surface area (Å²) >= 11 is 0. The first-order chi connectivity index (χ1) is 13.2. The lowest BCUT2D eigenvalue weighted by Crippen LogP contribution is -2.23. The van der Waals surface area contributed by atoms with Crippen LogP contribution in [0, 0.1) is 6.92 Å². The van der Waals surface area contributed by atoms with Crippen LogP contribution in [0.5, 0.6) is 11.5 Å². The van der Waals surface area contributed by atoms with Crippen LogP contribution in [0.15, 0.2) is 47.5 Å². The van der Waals surface area contributed by atoms with E-state index in [0.717, 1.165) is 35.5 Å². The van der Waals surface area contributed by atoms with E-state index in [1.54, 1.807) is 0 Å². The number of ether oxygens (including phenoxy) is 2. The molecule has 4 rings (SSSR count). The van der Waals surface area contributed by atoms with Crippen molar-refractivity contribution in [3.8, 4) is 11.5 Å². The average molecular weight is 492 g/mol. The quantitative estimate of drug-likeness (QED) is 0.289. The third-order valence-corrected chi connectivity index (χ3v) is 4.69. The van der Waals surface area contributed by atoms with Crippen LogP contribution in [-0.4, -0.2) is 30.7 Å². The number of aliphatic imine (C=N–C) groups is 1. The van der Waals surface area contributed by atoms with Gasteiger partial charge in [0.05, 0.1) is 13.2 Å². The Hall–Kier alpha value is -2.42. The number of aromatic amines is 1. The average Bonchev–Trinajstić information content (AvgIpc) is 2.83. The Morgan fingerprint density at radius 2 is 1.93 bits per heavy atom. The highest BCUT2D eigenvalue weighted by Gasteiger charge is 2.11. The SMILES string of the molecule is Cc1[nH]c2ccccc2c1CCN=C(N)Nc1ccc2c(c1)OCCCO2.I. The Labute approximate surface area is 181 Å². The van der Waals surface area contributed by atoms with E-state index >= 15 is 0 Å². The number of nitrogens with one attached hydrogen (secondary N) is 2. The van der Waals surface area contributed by atoms with Crippen LogP contribution in [0.25, 0.3) is 10.9 Å². The predicted molar refractivity (Wildman–Crippen MR) is 124 cm³/mol. The summed E-state index contributed by atoms with van der Waals surface area (Å²) in [5.41, 5.74) is 10.5. The molecule has 148 valence electrons. The molecule has 7 heteroatoms. The van der Waals surface area contributed by atoms with E-state index in [1.165, 1.54) is 16.6 Å². The number of fused-ring (bicyclic) bond motifs is 2. The highest BCUT2D eigenvalue weighted by molar-refractivity contribution is 14.0. The number of nitrogens with two attached hydrogens (primary N) is 1. The summed E-state index contributed by atoms with van der Waals surface area (Å²) in [6.07, 6.45) is 1.72. The van der Waals surface area contributed by atoms with Crippen molar-refractivity contribution < 1.29 is 9.47 Å². The first-order valence-electron chi connectivity index (χ1n) is 9.23. The number of para-hydroxylation sites is 1. The molecule has 0 amide bonds. The summed E-state index contributed by atoms with van der Waals surface area (Å²) in [4.78, 5) is 7.89.